The molecule has 0 unspecified atom stereocenters. The first-order valence-electron chi connectivity index (χ1n) is 15.6. The lowest BCUT2D eigenvalue weighted by molar-refractivity contribution is -0.146. The number of nitrogens with zero attached hydrogens (tertiary/aromatic N) is 1. The van der Waals surface area contributed by atoms with Crippen LogP contribution < -0.4 is 11.1 Å². The number of hydrogen-bond acceptors (Lipinski definition) is 6. The zero-order valence-corrected chi connectivity index (χ0v) is 26.5. The van der Waals surface area contributed by atoms with Gasteiger partial charge >= 0.3 is 6.09 Å². The number of methoxy groups -OCH3 is 1. The smallest absolute Gasteiger partial charge is 0.406 e. The van der Waals surface area contributed by atoms with E-state index < -0.39 is 29.3 Å². The number of hydrogen-bond donors (Lipinski definition) is 4. The number of aryl methyl sites for hydroxylation is 1. The second-order valence-electron chi connectivity index (χ2n) is 12.6. The van der Waals surface area contributed by atoms with E-state index in [-0.39, 0.29) is 11.8 Å². The van der Waals surface area contributed by atoms with Gasteiger partial charge in [-0.15, -0.1) is 0 Å². The Bertz CT molecular complexity index is 1250. The van der Waals surface area contributed by atoms with E-state index in [1.807, 2.05) is 29.2 Å². The highest BCUT2D eigenvalue weighted by molar-refractivity contribution is 6.37. The van der Waals surface area contributed by atoms with Crippen molar-refractivity contribution in [2.45, 2.75) is 89.4 Å². The van der Waals surface area contributed by atoms with E-state index in [1.54, 1.807) is 0 Å². The molecule has 0 bridgehead atoms. The third-order valence-electron chi connectivity index (χ3n) is 9.71. The number of amides is 2. The summed E-state index contributed by atoms with van der Waals surface area (Å²) in [5.74, 6) is -0.323. The maximum Gasteiger partial charge on any atom is 0.406 e. The number of halogens is 1. The molecule has 1 saturated heterocycles. The predicted molar refractivity (Wildman–Crippen MR) is 170 cm³/mol. The van der Waals surface area contributed by atoms with Crippen molar-refractivity contribution in [3.63, 3.8) is 0 Å². The van der Waals surface area contributed by atoms with Crippen LogP contribution in [0, 0.1) is 11.3 Å². The van der Waals surface area contributed by atoms with E-state index in [4.69, 9.17) is 22.1 Å². The lowest BCUT2D eigenvalue weighted by atomic mass is 9.61. The van der Waals surface area contributed by atoms with E-state index >= 15 is 0 Å². The summed E-state index contributed by atoms with van der Waals surface area (Å²) in [4.78, 5) is 27.4. The Kier molecular flexibility index (Phi) is 11.1. The molecule has 0 radical (unpaired) electrons. The maximum atomic E-state index is 13.7. The number of nitrogens with one attached hydrogen (secondary N) is 1. The van der Waals surface area contributed by atoms with Gasteiger partial charge in [0, 0.05) is 47.6 Å². The van der Waals surface area contributed by atoms with E-state index in [0.717, 1.165) is 36.0 Å². The molecule has 1 aromatic rings. The minimum absolute atomic E-state index is 0.00369. The number of benzene rings is 1. The van der Waals surface area contributed by atoms with Gasteiger partial charge in [-0.2, -0.15) is 0 Å². The molecule has 0 aromatic heterocycles. The molecule has 9 heteroatoms. The van der Waals surface area contributed by atoms with Crippen molar-refractivity contribution >= 4 is 29.2 Å². The summed E-state index contributed by atoms with van der Waals surface area (Å²) in [6, 6.07) is 7.91. The molecule has 8 nitrogen and oxygen atoms in total. The third kappa shape index (κ3) is 7.36. The number of rotatable bonds is 9. The van der Waals surface area contributed by atoms with Crippen LogP contribution in [0.4, 0.5) is 4.79 Å². The van der Waals surface area contributed by atoms with Gasteiger partial charge in [0.25, 0.3) is 0 Å². The number of alkyl carbamates (subject to hydrolysis) is 1. The minimum Gasteiger partial charge on any atom is -0.453 e. The first-order valence-corrected chi connectivity index (χ1v) is 16.0. The molecule has 43 heavy (non-hydrogen) atoms. The standard InChI is InChI=1S/C34H48ClN3O5/c1-4-23-11-8-12-24(19-23)30-26(13-6-5-7-14-27(30)35)34(42,16-9-17-37-32(41)43-3)33(2)15-10-18-38(22-33)31(40)25-20-28(36)29(39)21-25/h5,7-8,11-12,14,19,25,28-29,39,42H,4,6,9-10,13,15-18,20-22,36H2,1-3H3,(H,37,41)/b7-5+,27-14+,30-26+/t25-,28+,29-,33+,34+/m0/s1. The van der Waals surface area contributed by atoms with Crippen molar-refractivity contribution in [3.05, 3.63) is 64.2 Å². The lowest BCUT2D eigenvalue weighted by Gasteiger charge is -2.52. The third-order valence-corrected chi connectivity index (χ3v) is 10.0. The molecule has 1 aromatic carbocycles. The zero-order chi connectivity index (χ0) is 31.2. The normalized spacial score (nSPS) is 31.3. The first-order chi connectivity index (χ1) is 20.5. The summed E-state index contributed by atoms with van der Waals surface area (Å²) in [6.07, 6.45) is 10.1. The molecule has 1 aliphatic heterocycles. The Labute approximate surface area is 261 Å². The monoisotopic (exact) mass is 613 g/mol. The average Bonchev–Trinajstić information content (AvgIpc) is 3.34. The number of ether oxygens (including phenoxy) is 1. The second kappa shape index (κ2) is 14.4. The molecule has 236 valence electrons. The summed E-state index contributed by atoms with van der Waals surface area (Å²) in [7, 11) is 1.33. The molecular weight excluding hydrogens is 566 g/mol. The molecule has 4 rings (SSSR count). The Morgan fingerprint density at radius 2 is 2.09 bits per heavy atom. The quantitative estimate of drug-likeness (QED) is 0.288. The number of aliphatic hydroxyl groups is 2. The number of allylic oxidation sites excluding steroid dienone is 5. The Balaban J connectivity index is 1.79. The van der Waals surface area contributed by atoms with Crippen molar-refractivity contribution in [3.8, 4) is 0 Å². The molecule has 3 aliphatic rings. The molecule has 1 saturated carbocycles. The van der Waals surface area contributed by atoms with Gasteiger partial charge in [-0.25, -0.2) is 4.79 Å². The van der Waals surface area contributed by atoms with Gasteiger partial charge in [0.05, 0.1) is 18.8 Å². The number of nitrogens with two attached hydrogens (primary N) is 1. The van der Waals surface area contributed by atoms with Crippen molar-refractivity contribution in [1.82, 2.24) is 10.2 Å². The summed E-state index contributed by atoms with van der Waals surface area (Å²) in [5, 5.41) is 26.7. The zero-order valence-electron chi connectivity index (χ0n) is 25.8. The number of aliphatic hydroxyl groups excluding tert-OH is 1. The van der Waals surface area contributed by atoms with E-state index in [9.17, 15) is 19.8 Å². The van der Waals surface area contributed by atoms with E-state index in [0.29, 0.717) is 63.2 Å². The van der Waals surface area contributed by atoms with Crippen molar-refractivity contribution < 1.29 is 24.5 Å². The highest BCUT2D eigenvalue weighted by Crippen LogP contribution is 2.51. The molecular formula is C34H48ClN3O5. The summed E-state index contributed by atoms with van der Waals surface area (Å²) in [6.45, 7) is 5.50. The van der Waals surface area contributed by atoms with Crippen molar-refractivity contribution in [1.29, 1.82) is 0 Å². The molecule has 0 spiro atoms. The van der Waals surface area contributed by atoms with Gasteiger partial charge < -0.3 is 30.9 Å². The van der Waals surface area contributed by atoms with Crippen LogP contribution in [0.3, 0.4) is 0 Å². The van der Waals surface area contributed by atoms with Crippen LogP contribution in [0.2, 0.25) is 0 Å². The van der Waals surface area contributed by atoms with Crippen molar-refractivity contribution in [2.75, 3.05) is 26.7 Å². The lowest BCUT2D eigenvalue weighted by Crippen LogP contribution is -2.58. The van der Waals surface area contributed by atoms with Crippen LogP contribution in [0.1, 0.15) is 76.3 Å². The summed E-state index contributed by atoms with van der Waals surface area (Å²) in [5.41, 5.74) is 7.84. The molecule has 5 N–H and O–H groups in total. The first kappa shape index (κ1) is 33.2. The second-order valence-corrected chi connectivity index (χ2v) is 13.0. The van der Waals surface area contributed by atoms with Gasteiger partial charge in [-0.1, -0.05) is 61.9 Å². The minimum atomic E-state index is -1.34. The fraction of sp³-hybridized carbons (Fsp3) is 0.588. The predicted octanol–water partition coefficient (Wildman–Crippen LogP) is 5.07. The Morgan fingerprint density at radius 3 is 2.79 bits per heavy atom. The van der Waals surface area contributed by atoms with Crippen LogP contribution >= 0.6 is 11.6 Å². The number of carbonyl (C=O) groups excluding carboxylic acids is 2. The van der Waals surface area contributed by atoms with Gasteiger partial charge in [0.2, 0.25) is 5.91 Å². The number of carbonyl (C=O) groups is 2. The van der Waals surface area contributed by atoms with E-state index in [1.165, 1.54) is 12.7 Å². The number of likely N-dealkylation sites (tertiary alicyclic amines) is 1. The van der Waals surface area contributed by atoms with Gasteiger partial charge in [-0.3, -0.25) is 4.79 Å². The highest BCUT2D eigenvalue weighted by Gasteiger charge is 2.52. The van der Waals surface area contributed by atoms with E-state index in [2.05, 4.69) is 37.4 Å². The van der Waals surface area contributed by atoms with Gasteiger partial charge in [0.15, 0.2) is 0 Å². The van der Waals surface area contributed by atoms with Crippen LogP contribution in [0.15, 0.2) is 53.1 Å². The number of piperidine rings is 1. The summed E-state index contributed by atoms with van der Waals surface area (Å²) >= 11 is 7.06. The van der Waals surface area contributed by atoms with Crippen LogP contribution in [0.5, 0.6) is 0 Å². The van der Waals surface area contributed by atoms with Gasteiger partial charge in [-0.05, 0) is 80.6 Å². The largest absolute Gasteiger partial charge is 0.453 e. The molecule has 5 atom stereocenters. The fourth-order valence-corrected chi connectivity index (χ4v) is 7.49. The summed E-state index contributed by atoms with van der Waals surface area (Å²) < 4.78 is 4.75. The highest BCUT2D eigenvalue weighted by atomic mass is 35.5. The Morgan fingerprint density at radius 1 is 1.30 bits per heavy atom. The molecule has 2 aliphatic carbocycles. The molecule has 2 fully saturated rings. The van der Waals surface area contributed by atoms with Crippen LogP contribution in [-0.2, 0) is 16.0 Å². The fourth-order valence-electron chi connectivity index (χ4n) is 7.20. The maximum absolute atomic E-state index is 13.7. The SMILES string of the molecule is CCc1cccc(C2=C(\[C@](O)(CCCNC(=O)OC)[C@]3(C)CCCN(C(=O)[C@H]4C[C@@H](N)[C@@H](O)C4)C3)CC/C=C/C=C\2Cl)c1. The molecule has 1 heterocycles. The molecule has 2 amide bonds. The Hall–Kier alpha value is -2.65. The topological polar surface area (TPSA) is 125 Å². The van der Waals surface area contributed by atoms with Gasteiger partial charge in [0.1, 0.15) is 0 Å². The average molecular weight is 614 g/mol. The van der Waals surface area contributed by atoms with Crippen LogP contribution in [0.25, 0.3) is 5.57 Å². The van der Waals surface area contributed by atoms with Crippen molar-refractivity contribution in [2.24, 2.45) is 17.1 Å². The van der Waals surface area contributed by atoms with Crippen LogP contribution in [-0.4, -0.2) is 71.6 Å².